The van der Waals surface area contributed by atoms with Gasteiger partial charge in [-0.25, -0.2) is 4.98 Å². The molecule has 19 heavy (non-hydrogen) atoms. The van der Waals surface area contributed by atoms with Crippen molar-refractivity contribution in [1.82, 2.24) is 9.97 Å². The molecule has 1 unspecified atom stereocenters. The number of benzene rings is 1. The number of rotatable bonds is 3. The summed E-state index contributed by atoms with van der Waals surface area (Å²) in [7, 11) is 0. The predicted octanol–water partition coefficient (Wildman–Crippen LogP) is 3.95. The lowest BCUT2D eigenvalue weighted by atomic mass is 10.2. The maximum atomic E-state index is 5.63. The highest BCUT2D eigenvalue weighted by Crippen LogP contribution is 2.23. The quantitative estimate of drug-likeness (QED) is 0.745. The first-order valence-electron chi connectivity index (χ1n) is 6.41. The summed E-state index contributed by atoms with van der Waals surface area (Å²) in [6.45, 7) is 6.00. The Morgan fingerprint density at radius 1 is 1.21 bits per heavy atom. The van der Waals surface area contributed by atoms with E-state index < -0.39 is 0 Å². The average Bonchev–Trinajstić information content (AvgIpc) is 2.93. The van der Waals surface area contributed by atoms with Crippen LogP contribution in [0.5, 0.6) is 0 Å². The molecule has 0 bridgehead atoms. The standard InChI is InChI=1S/C15H17N3O/c1-9-4-7-15(19-9)10(2)16-12-5-6-13-14(8-12)18-11(3)17-13/h4-8,10,16H,1-3H3,(H,17,18). The van der Waals surface area contributed by atoms with E-state index in [1.807, 2.05) is 38.1 Å². The van der Waals surface area contributed by atoms with E-state index in [4.69, 9.17) is 4.42 Å². The van der Waals surface area contributed by atoms with Gasteiger partial charge in [0, 0.05) is 5.69 Å². The molecule has 0 aliphatic heterocycles. The Labute approximate surface area is 111 Å². The lowest BCUT2D eigenvalue weighted by molar-refractivity contribution is 0.467. The number of H-pyrrole nitrogens is 1. The molecule has 2 aromatic heterocycles. The molecule has 98 valence electrons. The van der Waals surface area contributed by atoms with E-state index in [0.29, 0.717) is 0 Å². The number of hydrogen-bond acceptors (Lipinski definition) is 3. The highest BCUT2D eigenvalue weighted by atomic mass is 16.3. The van der Waals surface area contributed by atoms with Gasteiger partial charge in [-0.1, -0.05) is 0 Å². The fourth-order valence-electron chi connectivity index (χ4n) is 2.23. The van der Waals surface area contributed by atoms with Gasteiger partial charge < -0.3 is 14.7 Å². The number of imidazole rings is 1. The van der Waals surface area contributed by atoms with Crippen molar-refractivity contribution < 1.29 is 4.42 Å². The highest BCUT2D eigenvalue weighted by Gasteiger charge is 2.10. The molecular weight excluding hydrogens is 238 g/mol. The molecule has 2 N–H and O–H groups in total. The van der Waals surface area contributed by atoms with Crippen molar-refractivity contribution in [3.05, 3.63) is 47.7 Å². The van der Waals surface area contributed by atoms with Crippen molar-refractivity contribution >= 4 is 16.7 Å². The fourth-order valence-corrected chi connectivity index (χ4v) is 2.23. The summed E-state index contributed by atoms with van der Waals surface area (Å²) in [4.78, 5) is 7.63. The monoisotopic (exact) mass is 255 g/mol. The first kappa shape index (κ1) is 11.8. The van der Waals surface area contributed by atoms with Crippen molar-refractivity contribution in [2.24, 2.45) is 0 Å². The number of hydrogen-bond donors (Lipinski definition) is 2. The Morgan fingerprint density at radius 2 is 2.05 bits per heavy atom. The van der Waals surface area contributed by atoms with Gasteiger partial charge >= 0.3 is 0 Å². The van der Waals surface area contributed by atoms with Crippen LogP contribution in [-0.2, 0) is 0 Å². The molecule has 4 nitrogen and oxygen atoms in total. The summed E-state index contributed by atoms with van der Waals surface area (Å²) >= 11 is 0. The van der Waals surface area contributed by atoms with Gasteiger partial charge in [0.05, 0.1) is 17.1 Å². The number of nitrogens with zero attached hydrogens (tertiary/aromatic N) is 1. The van der Waals surface area contributed by atoms with Crippen LogP contribution in [0.3, 0.4) is 0 Å². The van der Waals surface area contributed by atoms with Gasteiger partial charge in [0.15, 0.2) is 0 Å². The largest absolute Gasteiger partial charge is 0.464 e. The van der Waals surface area contributed by atoms with Crippen LogP contribution in [0.1, 0.15) is 30.3 Å². The molecule has 0 radical (unpaired) electrons. The lowest BCUT2D eigenvalue weighted by Gasteiger charge is -2.12. The topological polar surface area (TPSA) is 53.9 Å². The third-order valence-electron chi connectivity index (χ3n) is 3.17. The second-order valence-electron chi connectivity index (χ2n) is 4.87. The summed E-state index contributed by atoms with van der Waals surface area (Å²) in [6, 6.07) is 10.2. The minimum Gasteiger partial charge on any atom is -0.464 e. The van der Waals surface area contributed by atoms with Crippen LogP contribution in [0.15, 0.2) is 34.7 Å². The molecule has 2 heterocycles. The third kappa shape index (κ3) is 2.34. The minimum absolute atomic E-state index is 0.134. The van der Waals surface area contributed by atoms with Crippen LogP contribution in [0.2, 0.25) is 0 Å². The van der Waals surface area contributed by atoms with E-state index in [2.05, 4.69) is 28.3 Å². The summed E-state index contributed by atoms with van der Waals surface area (Å²) in [5.74, 6) is 2.81. The molecule has 4 heteroatoms. The van der Waals surface area contributed by atoms with Gasteiger partial charge in [0.2, 0.25) is 0 Å². The zero-order valence-corrected chi connectivity index (χ0v) is 11.3. The Balaban J connectivity index is 1.84. The van der Waals surface area contributed by atoms with Crippen molar-refractivity contribution in [2.45, 2.75) is 26.8 Å². The number of nitrogens with one attached hydrogen (secondary N) is 2. The minimum atomic E-state index is 0.134. The average molecular weight is 255 g/mol. The molecule has 0 saturated heterocycles. The summed E-state index contributed by atoms with van der Waals surface area (Å²) < 4.78 is 5.63. The van der Waals surface area contributed by atoms with E-state index >= 15 is 0 Å². The Hall–Kier alpha value is -2.23. The molecule has 3 rings (SSSR count). The van der Waals surface area contributed by atoms with E-state index in [0.717, 1.165) is 34.1 Å². The molecule has 0 amide bonds. The van der Waals surface area contributed by atoms with Gasteiger partial charge in [-0.3, -0.25) is 0 Å². The van der Waals surface area contributed by atoms with E-state index in [-0.39, 0.29) is 6.04 Å². The van der Waals surface area contributed by atoms with Gasteiger partial charge in [0.25, 0.3) is 0 Å². The maximum Gasteiger partial charge on any atom is 0.126 e. The molecule has 1 aromatic carbocycles. The molecule has 0 aliphatic carbocycles. The Bertz CT molecular complexity index is 711. The molecule has 0 saturated carbocycles. The van der Waals surface area contributed by atoms with Gasteiger partial charge in [-0.15, -0.1) is 0 Å². The third-order valence-corrected chi connectivity index (χ3v) is 3.17. The molecule has 1 atom stereocenters. The van der Waals surface area contributed by atoms with E-state index in [1.165, 1.54) is 0 Å². The first-order valence-corrected chi connectivity index (χ1v) is 6.41. The van der Waals surface area contributed by atoms with Crippen molar-refractivity contribution in [3.63, 3.8) is 0 Å². The zero-order chi connectivity index (χ0) is 13.4. The van der Waals surface area contributed by atoms with Crippen LogP contribution in [-0.4, -0.2) is 9.97 Å². The number of aromatic nitrogens is 2. The predicted molar refractivity (Wildman–Crippen MR) is 76.3 cm³/mol. The number of anilines is 1. The van der Waals surface area contributed by atoms with Crippen LogP contribution in [0.25, 0.3) is 11.0 Å². The molecule has 3 aromatic rings. The summed E-state index contributed by atoms with van der Waals surface area (Å²) in [5, 5.41) is 3.43. The molecule has 0 spiro atoms. The van der Waals surface area contributed by atoms with Crippen LogP contribution < -0.4 is 5.32 Å². The van der Waals surface area contributed by atoms with Gasteiger partial charge in [-0.2, -0.15) is 0 Å². The lowest BCUT2D eigenvalue weighted by Crippen LogP contribution is -2.05. The van der Waals surface area contributed by atoms with E-state index in [9.17, 15) is 0 Å². The van der Waals surface area contributed by atoms with Gasteiger partial charge in [0.1, 0.15) is 17.3 Å². The van der Waals surface area contributed by atoms with Crippen LogP contribution >= 0.6 is 0 Å². The number of fused-ring (bicyclic) bond motifs is 1. The second-order valence-corrected chi connectivity index (χ2v) is 4.87. The number of aryl methyl sites for hydroxylation is 2. The Morgan fingerprint density at radius 3 is 2.79 bits per heavy atom. The van der Waals surface area contributed by atoms with Crippen LogP contribution in [0, 0.1) is 13.8 Å². The first-order chi connectivity index (χ1) is 9.11. The molecule has 0 aliphatic rings. The van der Waals surface area contributed by atoms with Crippen molar-refractivity contribution in [3.8, 4) is 0 Å². The maximum absolute atomic E-state index is 5.63. The Kier molecular flexibility index (Phi) is 2.78. The molecule has 0 fully saturated rings. The van der Waals surface area contributed by atoms with E-state index in [1.54, 1.807) is 0 Å². The van der Waals surface area contributed by atoms with Crippen molar-refractivity contribution in [1.29, 1.82) is 0 Å². The SMILES string of the molecule is Cc1nc2ccc(NC(C)c3ccc(C)o3)cc2[nH]1. The normalized spacial score (nSPS) is 12.8. The van der Waals surface area contributed by atoms with Crippen LogP contribution in [0.4, 0.5) is 5.69 Å². The smallest absolute Gasteiger partial charge is 0.126 e. The second kappa shape index (κ2) is 4.46. The summed E-state index contributed by atoms with van der Waals surface area (Å²) in [6.07, 6.45) is 0. The highest BCUT2D eigenvalue weighted by molar-refractivity contribution is 5.79. The molecular formula is C15H17N3O. The zero-order valence-electron chi connectivity index (χ0n) is 11.3. The number of furan rings is 1. The van der Waals surface area contributed by atoms with Crippen molar-refractivity contribution in [2.75, 3.05) is 5.32 Å². The fraction of sp³-hybridized carbons (Fsp3) is 0.267. The van der Waals surface area contributed by atoms with Gasteiger partial charge in [-0.05, 0) is 51.1 Å². The number of aromatic amines is 1. The summed E-state index contributed by atoms with van der Waals surface area (Å²) in [5.41, 5.74) is 3.09.